The fourth-order valence-corrected chi connectivity index (χ4v) is 2.58. The van der Waals surface area contributed by atoms with Crippen LogP contribution in [0, 0.1) is 0 Å². The molecule has 24 heavy (non-hydrogen) atoms. The van der Waals surface area contributed by atoms with Crippen LogP contribution in [0.25, 0.3) is 10.9 Å². The number of aromatic nitrogens is 1. The predicted octanol–water partition coefficient (Wildman–Crippen LogP) is 4.68. The zero-order valence-corrected chi connectivity index (χ0v) is 13.9. The number of hydrogen-bond acceptors (Lipinski definition) is 4. The van der Waals surface area contributed by atoms with E-state index >= 15 is 0 Å². The normalized spacial score (nSPS) is 10.6. The molecule has 0 aliphatic rings. The molecular weight excluding hydrogens is 326 g/mol. The van der Waals surface area contributed by atoms with Crippen LogP contribution in [0.2, 0.25) is 5.15 Å². The minimum absolute atomic E-state index is 0.261. The monoisotopic (exact) mass is 341 g/mol. The molecule has 0 unspecified atom stereocenters. The van der Waals surface area contributed by atoms with Gasteiger partial charge in [-0.15, -0.1) is 0 Å². The van der Waals surface area contributed by atoms with Crippen LogP contribution >= 0.6 is 11.6 Å². The van der Waals surface area contributed by atoms with Gasteiger partial charge in [0.2, 0.25) is 0 Å². The van der Waals surface area contributed by atoms with Crippen molar-refractivity contribution in [2.45, 2.75) is 13.5 Å². The molecule has 0 fully saturated rings. The number of ether oxygens (including phenoxy) is 2. The summed E-state index contributed by atoms with van der Waals surface area (Å²) in [5.41, 5.74) is 2.17. The Morgan fingerprint density at radius 1 is 1.08 bits per heavy atom. The van der Waals surface area contributed by atoms with E-state index in [-0.39, 0.29) is 6.61 Å². The number of fused-ring (bicyclic) bond motifs is 1. The molecule has 3 aromatic rings. The number of aldehydes is 1. The molecular formula is C19H16ClNO3. The number of rotatable bonds is 6. The Morgan fingerprint density at radius 3 is 2.71 bits per heavy atom. The standard InChI is InChI=1S/C19H16ClNO3/c1-2-23-18-9-13(11-22)7-8-17(18)24-12-15-10-14-5-3-4-6-16(14)21-19(15)20/h3-11H,2,12H2,1H3. The van der Waals surface area contributed by atoms with Gasteiger partial charge in [0, 0.05) is 16.5 Å². The number of carbonyl (C=O) groups excluding carboxylic acids is 1. The number of nitrogens with zero attached hydrogens (tertiary/aromatic N) is 1. The highest BCUT2D eigenvalue weighted by molar-refractivity contribution is 6.30. The first-order chi connectivity index (χ1) is 11.7. The molecule has 0 amide bonds. The molecule has 0 saturated carbocycles. The molecule has 1 aromatic heterocycles. The number of benzene rings is 2. The van der Waals surface area contributed by atoms with E-state index in [4.69, 9.17) is 21.1 Å². The van der Waals surface area contributed by atoms with Crippen molar-refractivity contribution < 1.29 is 14.3 Å². The largest absolute Gasteiger partial charge is 0.490 e. The van der Waals surface area contributed by atoms with Crippen molar-refractivity contribution in [1.82, 2.24) is 4.98 Å². The van der Waals surface area contributed by atoms with Crippen LogP contribution in [0.5, 0.6) is 11.5 Å². The van der Waals surface area contributed by atoms with Crippen LogP contribution in [-0.4, -0.2) is 17.9 Å². The number of para-hydroxylation sites is 1. The number of halogens is 1. The van der Waals surface area contributed by atoms with Crippen LogP contribution in [0.1, 0.15) is 22.8 Å². The molecule has 0 atom stereocenters. The SMILES string of the molecule is CCOc1cc(C=O)ccc1OCc1cc2ccccc2nc1Cl. The van der Waals surface area contributed by atoms with Crippen molar-refractivity contribution in [3.05, 3.63) is 64.8 Å². The lowest BCUT2D eigenvalue weighted by molar-refractivity contribution is 0.112. The third kappa shape index (κ3) is 3.49. The lowest BCUT2D eigenvalue weighted by Crippen LogP contribution is -2.01. The number of hydrogen-bond donors (Lipinski definition) is 0. The van der Waals surface area contributed by atoms with Crippen molar-refractivity contribution in [3.63, 3.8) is 0 Å². The molecule has 0 saturated heterocycles. The Bertz CT molecular complexity index is 880. The zero-order valence-electron chi connectivity index (χ0n) is 13.2. The Hall–Kier alpha value is -2.59. The third-order valence-electron chi connectivity index (χ3n) is 3.54. The van der Waals surface area contributed by atoms with Gasteiger partial charge in [-0.2, -0.15) is 0 Å². The summed E-state index contributed by atoms with van der Waals surface area (Å²) >= 11 is 6.25. The Balaban J connectivity index is 1.85. The first-order valence-electron chi connectivity index (χ1n) is 7.60. The van der Waals surface area contributed by atoms with E-state index in [2.05, 4.69) is 4.98 Å². The summed E-state index contributed by atoms with van der Waals surface area (Å²) in [6, 6.07) is 14.8. The van der Waals surface area contributed by atoms with Crippen molar-refractivity contribution in [2.75, 3.05) is 6.61 Å². The quantitative estimate of drug-likeness (QED) is 0.482. The van der Waals surface area contributed by atoms with Crippen LogP contribution in [0.3, 0.4) is 0 Å². The molecule has 4 nitrogen and oxygen atoms in total. The van der Waals surface area contributed by atoms with Gasteiger partial charge in [0.15, 0.2) is 11.5 Å². The lowest BCUT2D eigenvalue weighted by Gasteiger charge is -2.13. The molecule has 0 bridgehead atoms. The Labute approximate surface area is 145 Å². The topological polar surface area (TPSA) is 48.4 Å². The van der Waals surface area contributed by atoms with Gasteiger partial charge in [-0.05, 0) is 37.3 Å². The molecule has 2 aromatic carbocycles. The molecule has 1 heterocycles. The van der Waals surface area contributed by atoms with Gasteiger partial charge in [0.25, 0.3) is 0 Å². The average Bonchev–Trinajstić information content (AvgIpc) is 2.61. The molecule has 0 radical (unpaired) electrons. The van der Waals surface area contributed by atoms with Gasteiger partial charge >= 0.3 is 0 Å². The average molecular weight is 342 g/mol. The maximum absolute atomic E-state index is 10.9. The molecule has 122 valence electrons. The van der Waals surface area contributed by atoms with Gasteiger partial charge in [-0.25, -0.2) is 4.98 Å². The highest BCUT2D eigenvalue weighted by atomic mass is 35.5. The summed E-state index contributed by atoms with van der Waals surface area (Å²) in [5.74, 6) is 1.10. The fraction of sp³-hybridized carbons (Fsp3) is 0.158. The molecule has 0 spiro atoms. The Morgan fingerprint density at radius 2 is 1.92 bits per heavy atom. The maximum atomic E-state index is 10.9. The van der Waals surface area contributed by atoms with E-state index in [0.717, 1.165) is 22.8 Å². The molecule has 0 N–H and O–H groups in total. The smallest absolute Gasteiger partial charge is 0.161 e. The van der Waals surface area contributed by atoms with Crippen LogP contribution in [0.4, 0.5) is 0 Å². The molecule has 3 rings (SSSR count). The highest BCUT2D eigenvalue weighted by Gasteiger charge is 2.10. The van der Waals surface area contributed by atoms with E-state index in [9.17, 15) is 4.79 Å². The van der Waals surface area contributed by atoms with Gasteiger partial charge in [0.05, 0.1) is 12.1 Å². The molecule has 0 aliphatic carbocycles. The van der Waals surface area contributed by atoms with Gasteiger partial charge in [-0.1, -0.05) is 29.8 Å². The van der Waals surface area contributed by atoms with Crippen molar-refractivity contribution in [3.8, 4) is 11.5 Å². The molecule has 5 heteroatoms. The predicted molar refractivity (Wildman–Crippen MR) is 94.1 cm³/mol. The highest BCUT2D eigenvalue weighted by Crippen LogP contribution is 2.30. The van der Waals surface area contributed by atoms with E-state index in [1.54, 1.807) is 18.2 Å². The van der Waals surface area contributed by atoms with Crippen molar-refractivity contribution >= 4 is 28.8 Å². The van der Waals surface area contributed by atoms with Crippen LogP contribution in [0.15, 0.2) is 48.5 Å². The van der Waals surface area contributed by atoms with Crippen LogP contribution < -0.4 is 9.47 Å². The van der Waals surface area contributed by atoms with Gasteiger partial charge in [-0.3, -0.25) is 4.79 Å². The third-order valence-corrected chi connectivity index (χ3v) is 3.86. The van der Waals surface area contributed by atoms with Gasteiger partial charge in [0.1, 0.15) is 18.0 Å². The summed E-state index contributed by atoms with van der Waals surface area (Å²) in [6.07, 6.45) is 0.774. The second-order valence-corrected chi connectivity index (χ2v) is 5.53. The lowest BCUT2D eigenvalue weighted by atomic mass is 10.1. The number of pyridine rings is 1. The number of carbonyl (C=O) groups is 1. The summed E-state index contributed by atoms with van der Waals surface area (Å²) in [7, 11) is 0. The first-order valence-corrected chi connectivity index (χ1v) is 7.98. The fourth-order valence-electron chi connectivity index (χ4n) is 2.38. The van der Waals surface area contributed by atoms with Crippen molar-refractivity contribution in [1.29, 1.82) is 0 Å². The minimum atomic E-state index is 0.261. The van der Waals surface area contributed by atoms with Crippen LogP contribution in [-0.2, 0) is 6.61 Å². The van der Waals surface area contributed by atoms with E-state index in [0.29, 0.717) is 28.8 Å². The molecule has 0 aliphatic heterocycles. The van der Waals surface area contributed by atoms with E-state index in [1.165, 1.54) is 0 Å². The maximum Gasteiger partial charge on any atom is 0.161 e. The zero-order chi connectivity index (χ0) is 16.9. The first kappa shape index (κ1) is 16.3. The van der Waals surface area contributed by atoms with E-state index in [1.807, 2.05) is 37.3 Å². The Kier molecular flexibility index (Phi) is 4.96. The second-order valence-electron chi connectivity index (χ2n) is 5.18. The summed E-state index contributed by atoms with van der Waals surface area (Å²) < 4.78 is 11.4. The van der Waals surface area contributed by atoms with E-state index < -0.39 is 0 Å². The minimum Gasteiger partial charge on any atom is -0.490 e. The second kappa shape index (κ2) is 7.32. The summed E-state index contributed by atoms with van der Waals surface area (Å²) in [5, 5.41) is 1.41. The summed E-state index contributed by atoms with van der Waals surface area (Å²) in [6.45, 7) is 2.62. The van der Waals surface area contributed by atoms with Gasteiger partial charge < -0.3 is 9.47 Å². The van der Waals surface area contributed by atoms with Crippen molar-refractivity contribution in [2.24, 2.45) is 0 Å². The summed E-state index contributed by atoms with van der Waals surface area (Å²) in [4.78, 5) is 15.3.